The van der Waals surface area contributed by atoms with Crippen molar-refractivity contribution in [3.05, 3.63) is 46.7 Å². The highest BCUT2D eigenvalue weighted by molar-refractivity contribution is 7.12. The first-order valence-corrected chi connectivity index (χ1v) is 9.04. The van der Waals surface area contributed by atoms with E-state index in [2.05, 4.69) is 16.0 Å². The maximum absolute atomic E-state index is 12.2. The van der Waals surface area contributed by atoms with Crippen LogP contribution in [-0.2, 0) is 4.79 Å². The zero-order valence-electron chi connectivity index (χ0n) is 13.4. The molecule has 6 heteroatoms. The molecular formula is C18H21N3O2S. The minimum absolute atomic E-state index is 0.0311. The van der Waals surface area contributed by atoms with Gasteiger partial charge in [-0.15, -0.1) is 11.3 Å². The second kappa shape index (κ2) is 8.08. The predicted molar refractivity (Wildman–Crippen MR) is 97.6 cm³/mol. The number of carbonyl (C=O) groups excluding carboxylic acids is 2. The van der Waals surface area contributed by atoms with Gasteiger partial charge in [0.05, 0.1) is 4.88 Å². The summed E-state index contributed by atoms with van der Waals surface area (Å²) in [6, 6.07) is 10.9. The summed E-state index contributed by atoms with van der Waals surface area (Å²) in [6.07, 6.45) is 2.64. The van der Waals surface area contributed by atoms with Crippen molar-refractivity contribution < 1.29 is 9.59 Å². The van der Waals surface area contributed by atoms with Crippen molar-refractivity contribution in [1.29, 1.82) is 0 Å². The van der Waals surface area contributed by atoms with Gasteiger partial charge in [0.25, 0.3) is 5.91 Å². The van der Waals surface area contributed by atoms with E-state index in [4.69, 9.17) is 0 Å². The molecule has 1 aliphatic heterocycles. The Bertz CT molecular complexity index is 694. The zero-order chi connectivity index (χ0) is 16.8. The largest absolute Gasteiger partial charge is 0.326 e. The van der Waals surface area contributed by atoms with Gasteiger partial charge in [-0.2, -0.15) is 0 Å². The Labute approximate surface area is 145 Å². The smallest absolute Gasteiger partial charge is 0.265 e. The lowest BCUT2D eigenvalue weighted by molar-refractivity contribution is -0.117. The first kappa shape index (κ1) is 16.7. The molecule has 1 aromatic carbocycles. The third kappa shape index (κ3) is 4.66. The maximum Gasteiger partial charge on any atom is 0.265 e. The molecule has 0 aliphatic carbocycles. The van der Waals surface area contributed by atoms with Crippen LogP contribution in [0.3, 0.4) is 0 Å². The van der Waals surface area contributed by atoms with Gasteiger partial charge in [-0.1, -0.05) is 12.1 Å². The molecule has 0 unspecified atom stereocenters. The van der Waals surface area contributed by atoms with Gasteiger partial charge in [-0.3, -0.25) is 9.59 Å². The SMILES string of the molecule is O=C(CC1CCNCC1)Nc1cccc(NC(=O)c2cccs2)c1. The van der Waals surface area contributed by atoms with E-state index in [9.17, 15) is 9.59 Å². The number of rotatable bonds is 5. The van der Waals surface area contributed by atoms with Gasteiger partial charge in [0.1, 0.15) is 0 Å². The number of piperidine rings is 1. The van der Waals surface area contributed by atoms with Crippen molar-refractivity contribution in [2.45, 2.75) is 19.3 Å². The van der Waals surface area contributed by atoms with E-state index >= 15 is 0 Å². The van der Waals surface area contributed by atoms with Crippen molar-refractivity contribution in [2.75, 3.05) is 23.7 Å². The van der Waals surface area contributed by atoms with Crippen LogP contribution in [0.25, 0.3) is 0 Å². The third-order valence-electron chi connectivity index (χ3n) is 4.08. The summed E-state index contributed by atoms with van der Waals surface area (Å²) >= 11 is 1.40. The molecule has 0 radical (unpaired) electrons. The molecule has 126 valence electrons. The highest BCUT2D eigenvalue weighted by Crippen LogP contribution is 2.20. The van der Waals surface area contributed by atoms with Crippen LogP contribution in [0.2, 0.25) is 0 Å². The molecule has 2 heterocycles. The van der Waals surface area contributed by atoms with E-state index in [1.54, 1.807) is 12.1 Å². The molecule has 0 bridgehead atoms. The Balaban J connectivity index is 1.56. The quantitative estimate of drug-likeness (QED) is 0.780. The van der Waals surface area contributed by atoms with Crippen LogP contribution in [0.4, 0.5) is 11.4 Å². The molecule has 3 rings (SSSR count). The van der Waals surface area contributed by atoms with Crippen LogP contribution in [0.1, 0.15) is 28.9 Å². The monoisotopic (exact) mass is 343 g/mol. The first-order chi connectivity index (χ1) is 11.7. The molecule has 1 aliphatic rings. The average Bonchev–Trinajstić information content (AvgIpc) is 3.10. The fraction of sp³-hybridized carbons (Fsp3) is 0.333. The Morgan fingerprint density at radius 1 is 1.08 bits per heavy atom. The zero-order valence-corrected chi connectivity index (χ0v) is 14.2. The van der Waals surface area contributed by atoms with E-state index in [0.29, 0.717) is 28.6 Å². The van der Waals surface area contributed by atoms with Crippen LogP contribution in [0, 0.1) is 5.92 Å². The first-order valence-electron chi connectivity index (χ1n) is 8.16. The number of anilines is 2. The number of hydrogen-bond donors (Lipinski definition) is 3. The maximum atomic E-state index is 12.2. The van der Waals surface area contributed by atoms with Crippen molar-refractivity contribution in [2.24, 2.45) is 5.92 Å². The number of benzene rings is 1. The third-order valence-corrected chi connectivity index (χ3v) is 4.95. The predicted octanol–water partition coefficient (Wildman–Crippen LogP) is 3.33. The molecule has 1 fully saturated rings. The summed E-state index contributed by atoms with van der Waals surface area (Å²) < 4.78 is 0. The van der Waals surface area contributed by atoms with E-state index in [1.165, 1.54) is 11.3 Å². The summed E-state index contributed by atoms with van der Waals surface area (Å²) in [4.78, 5) is 24.9. The van der Waals surface area contributed by atoms with Gasteiger partial charge in [-0.05, 0) is 61.5 Å². The Morgan fingerprint density at radius 2 is 1.83 bits per heavy atom. The van der Waals surface area contributed by atoms with Gasteiger partial charge >= 0.3 is 0 Å². The van der Waals surface area contributed by atoms with Crippen LogP contribution < -0.4 is 16.0 Å². The normalized spacial score (nSPS) is 15.0. The number of thiophene rings is 1. The summed E-state index contributed by atoms with van der Waals surface area (Å²) in [7, 11) is 0. The molecule has 0 atom stereocenters. The van der Waals surface area contributed by atoms with E-state index in [0.717, 1.165) is 25.9 Å². The highest BCUT2D eigenvalue weighted by Gasteiger charge is 2.17. The molecule has 2 aromatic rings. The van der Waals surface area contributed by atoms with E-state index in [-0.39, 0.29) is 11.8 Å². The van der Waals surface area contributed by atoms with Gasteiger partial charge in [0.15, 0.2) is 0 Å². The van der Waals surface area contributed by atoms with Crippen molar-refractivity contribution in [1.82, 2.24) is 5.32 Å². The molecule has 5 nitrogen and oxygen atoms in total. The second-order valence-corrected chi connectivity index (χ2v) is 6.91. The fourth-order valence-electron chi connectivity index (χ4n) is 2.84. The summed E-state index contributed by atoms with van der Waals surface area (Å²) in [5, 5.41) is 11.0. The number of nitrogens with one attached hydrogen (secondary N) is 3. The fourth-order valence-corrected chi connectivity index (χ4v) is 3.45. The van der Waals surface area contributed by atoms with Gasteiger partial charge < -0.3 is 16.0 Å². The van der Waals surface area contributed by atoms with Gasteiger partial charge in [0, 0.05) is 17.8 Å². The summed E-state index contributed by atoms with van der Waals surface area (Å²) in [5.41, 5.74) is 1.38. The molecule has 3 N–H and O–H groups in total. The van der Waals surface area contributed by atoms with Gasteiger partial charge in [-0.25, -0.2) is 0 Å². The Hall–Kier alpha value is -2.18. The van der Waals surface area contributed by atoms with Crippen LogP contribution >= 0.6 is 11.3 Å². The Kier molecular flexibility index (Phi) is 5.61. The van der Waals surface area contributed by atoms with Crippen LogP contribution in [-0.4, -0.2) is 24.9 Å². The second-order valence-electron chi connectivity index (χ2n) is 5.96. The number of carbonyl (C=O) groups is 2. The minimum Gasteiger partial charge on any atom is -0.326 e. The average molecular weight is 343 g/mol. The van der Waals surface area contributed by atoms with Crippen molar-refractivity contribution >= 4 is 34.5 Å². The van der Waals surface area contributed by atoms with Gasteiger partial charge in [0.2, 0.25) is 5.91 Å². The number of hydrogen-bond acceptors (Lipinski definition) is 4. The lowest BCUT2D eigenvalue weighted by Gasteiger charge is -2.22. The van der Waals surface area contributed by atoms with Crippen LogP contribution in [0.5, 0.6) is 0 Å². The molecule has 1 aromatic heterocycles. The van der Waals surface area contributed by atoms with Crippen LogP contribution in [0.15, 0.2) is 41.8 Å². The highest BCUT2D eigenvalue weighted by atomic mass is 32.1. The molecule has 2 amide bonds. The standard InChI is InChI=1S/C18H21N3O2S/c22-17(11-13-6-8-19-9-7-13)20-14-3-1-4-15(12-14)21-18(23)16-5-2-10-24-16/h1-5,10,12-13,19H,6-9,11H2,(H,20,22)(H,21,23). The lowest BCUT2D eigenvalue weighted by atomic mass is 9.94. The molecule has 1 saturated heterocycles. The molecule has 0 spiro atoms. The summed E-state index contributed by atoms with van der Waals surface area (Å²) in [5.74, 6) is 0.347. The number of amides is 2. The summed E-state index contributed by atoms with van der Waals surface area (Å²) in [6.45, 7) is 1.98. The van der Waals surface area contributed by atoms with Crippen molar-refractivity contribution in [3.8, 4) is 0 Å². The van der Waals surface area contributed by atoms with Crippen molar-refractivity contribution in [3.63, 3.8) is 0 Å². The molecular weight excluding hydrogens is 322 g/mol. The Morgan fingerprint density at radius 3 is 2.54 bits per heavy atom. The molecule has 0 saturated carbocycles. The van der Waals surface area contributed by atoms with E-state index in [1.807, 2.05) is 29.6 Å². The lowest BCUT2D eigenvalue weighted by Crippen LogP contribution is -2.30. The minimum atomic E-state index is -0.136. The topological polar surface area (TPSA) is 70.2 Å². The molecule has 24 heavy (non-hydrogen) atoms. The van der Waals surface area contributed by atoms with E-state index < -0.39 is 0 Å².